The van der Waals surface area contributed by atoms with Crippen molar-refractivity contribution in [3.05, 3.63) is 0 Å². The lowest BCUT2D eigenvalue weighted by Crippen LogP contribution is -2.50. The highest BCUT2D eigenvalue weighted by molar-refractivity contribution is 5.91. The van der Waals surface area contributed by atoms with E-state index in [1.807, 2.05) is 13.8 Å². The van der Waals surface area contributed by atoms with Crippen LogP contribution in [0.15, 0.2) is 5.16 Å². The van der Waals surface area contributed by atoms with Crippen molar-refractivity contribution in [3.8, 4) is 0 Å². The van der Waals surface area contributed by atoms with Gasteiger partial charge in [-0.15, -0.1) is 0 Å². The van der Waals surface area contributed by atoms with Crippen LogP contribution in [0.5, 0.6) is 0 Å². The molecule has 1 aliphatic rings. The number of nitrogens with two attached hydrogens (primary N) is 1. The van der Waals surface area contributed by atoms with E-state index in [1.165, 1.54) is 0 Å². The van der Waals surface area contributed by atoms with Gasteiger partial charge in [-0.2, -0.15) is 0 Å². The van der Waals surface area contributed by atoms with Gasteiger partial charge in [-0.3, -0.25) is 4.79 Å². The summed E-state index contributed by atoms with van der Waals surface area (Å²) in [5.41, 5.74) is 5.66. The molecular weight excluding hydrogens is 230 g/mol. The SMILES string of the molecule is CC(C)C(NC(=O)C1CCCC1(C)C)C(N)=NO. The van der Waals surface area contributed by atoms with E-state index in [2.05, 4.69) is 24.3 Å². The highest BCUT2D eigenvalue weighted by Gasteiger charge is 2.40. The molecule has 0 aromatic carbocycles. The molecule has 0 radical (unpaired) electrons. The molecule has 1 fully saturated rings. The van der Waals surface area contributed by atoms with Gasteiger partial charge in [0.1, 0.15) is 0 Å². The fourth-order valence-corrected chi connectivity index (χ4v) is 2.71. The lowest BCUT2D eigenvalue weighted by atomic mass is 9.81. The maximum absolute atomic E-state index is 12.3. The lowest BCUT2D eigenvalue weighted by molar-refractivity contribution is -0.128. The zero-order valence-electron chi connectivity index (χ0n) is 11.7. The van der Waals surface area contributed by atoms with Gasteiger partial charge in [-0.1, -0.05) is 39.3 Å². The van der Waals surface area contributed by atoms with Crippen molar-refractivity contribution < 1.29 is 10.0 Å². The van der Waals surface area contributed by atoms with Crippen LogP contribution in [-0.4, -0.2) is 23.0 Å². The molecular formula is C13H25N3O2. The third-order valence-electron chi connectivity index (χ3n) is 3.97. The highest BCUT2D eigenvalue weighted by atomic mass is 16.4. The zero-order chi connectivity index (χ0) is 13.9. The number of amides is 1. The van der Waals surface area contributed by atoms with Gasteiger partial charge in [0.15, 0.2) is 5.84 Å². The van der Waals surface area contributed by atoms with E-state index in [0.717, 1.165) is 19.3 Å². The van der Waals surface area contributed by atoms with E-state index >= 15 is 0 Å². The molecule has 5 heteroatoms. The number of oxime groups is 1. The molecule has 5 nitrogen and oxygen atoms in total. The maximum atomic E-state index is 12.3. The van der Waals surface area contributed by atoms with Crippen LogP contribution >= 0.6 is 0 Å². The molecule has 1 saturated carbocycles. The van der Waals surface area contributed by atoms with Crippen molar-refractivity contribution in [1.82, 2.24) is 5.32 Å². The van der Waals surface area contributed by atoms with Crippen LogP contribution in [0.3, 0.4) is 0 Å². The van der Waals surface area contributed by atoms with Gasteiger partial charge < -0.3 is 16.3 Å². The van der Waals surface area contributed by atoms with E-state index in [4.69, 9.17) is 10.9 Å². The first-order valence-corrected chi connectivity index (χ1v) is 6.57. The summed E-state index contributed by atoms with van der Waals surface area (Å²) in [7, 11) is 0. The number of nitrogens with one attached hydrogen (secondary N) is 1. The Balaban J connectivity index is 2.73. The predicted molar refractivity (Wildman–Crippen MR) is 71.3 cm³/mol. The number of rotatable bonds is 4. The Labute approximate surface area is 109 Å². The molecule has 1 amide bonds. The number of nitrogens with zero attached hydrogens (tertiary/aromatic N) is 1. The summed E-state index contributed by atoms with van der Waals surface area (Å²) < 4.78 is 0. The molecule has 1 aliphatic carbocycles. The minimum atomic E-state index is -0.404. The highest BCUT2D eigenvalue weighted by Crippen LogP contribution is 2.42. The summed E-state index contributed by atoms with van der Waals surface area (Å²) in [6.07, 6.45) is 3.07. The van der Waals surface area contributed by atoms with Gasteiger partial charge in [0.25, 0.3) is 0 Å². The monoisotopic (exact) mass is 255 g/mol. The Morgan fingerprint density at radius 2 is 2.11 bits per heavy atom. The topological polar surface area (TPSA) is 87.7 Å². The Morgan fingerprint density at radius 3 is 2.50 bits per heavy atom. The van der Waals surface area contributed by atoms with Crippen LogP contribution < -0.4 is 11.1 Å². The predicted octanol–water partition coefficient (Wildman–Crippen LogP) is 1.70. The lowest BCUT2D eigenvalue weighted by Gasteiger charge is -2.29. The molecule has 0 aromatic heterocycles. The van der Waals surface area contributed by atoms with Crippen molar-refractivity contribution in [2.45, 2.75) is 53.0 Å². The average molecular weight is 255 g/mol. The fraction of sp³-hybridized carbons (Fsp3) is 0.846. The number of hydrogen-bond acceptors (Lipinski definition) is 3. The largest absolute Gasteiger partial charge is 0.409 e. The first-order chi connectivity index (χ1) is 8.29. The van der Waals surface area contributed by atoms with Crippen LogP contribution in [0.25, 0.3) is 0 Å². The Bertz CT molecular complexity index is 337. The van der Waals surface area contributed by atoms with Crippen molar-refractivity contribution >= 4 is 11.7 Å². The van der Waals surface area contributed by atoms with Gasteiger partial charge >= 0.3 is 0 Å². The van der Waals surface area contributed by atoms with Gasteiger partial charge in [0, 0.05) is 5.92 Å². The minimum Gasteiger partial charge on any atom is -0.409 e. The standard InChI is InChI=1S/C13H25N3O2/c1-8(2)10(11(14)16-18)15-12(17)9-6-5-7-13(9,3)4/h8-10,18H,5-7H2,1-4H3,(H2,14,16)(H,15,17). The molecule has 18 heavy (non-hydrogen) atoms. The average Bonchev–Trinajstić information content (AvgIpc) is 2.64. The molecule has 0 bridgehead atoms. The van der Waals surface area contributed by atoms with Crippen molar-refractivity contribution in [2.24, 2.45) is 28.1 Å². The summed E-state index contributed by atoms with van der Waals surface area (Å²) in [5.74, 6) is 0.191. The van der Waals surface area contributed by atoms with Gasteiger partial charge in [0.05, 0.1) is 6.04 Å². The Hall–Kier alpha value is -1.26. The van der Waals surface area contributed by atoms with Gasteiger partial charge in [0.2, 0.25) is 5.91 Å². The summed E-state index contributed by atoms with van der Waals surface area (Å²) >= 11 is 0. The van der Waals surface area contributed by atoms with Crippen LogP contribution in [0.4, 0.5) is 0 Å². The minimum absolute atomic E-state index is 0.0165. The first-order valence-electron chi connectivity index (χ1n) is 6.57. The summed E-state index contributed by atoms with van der Waals surface area (Å²) in [4.78, 5) is 12.3. The van der Waals surface area contributed by atoms with E-state index in [9.17, 15) is 4.79 Å². The maximum Gasteiger partial charge on any atom is 0.224 e. The first kappa shape index (κ1) is 14.8. The third kappa shape index (κ3) is 3.15. The van der Waals surface area contributed by atoms with Crippen LogP contribution in [0, 0.1) is 17.3 Å². The summed E-state index contributed by atoms with van der Waals surface area (Å²) in [6, 6.07) is -0.404. The van der Waals surface area contributed by atoms with Crippen molar-refractivity contribution in [2.75, 3.05) is 0 Å². The smallest absolute Gasteiger partial charge is 0.224 e. The normalized spacial score (nSPS) is 25.2. The van der Waals surface area contributed by atoms with Crippen molar-refractivity contribution in [3.63, 3.8) is 0 Å². The molecule has 4 N–H and O–H groups in total. The number of carbonyl (C=O) groups is 1. The molecule has 0 aliphatic heterocycles. The Kier molecular flexibility index (Phi) is 4.59. The Morgan fingerprint density at radius 1 is 1.50 bits per heavy atom. The summed E-state index contributed by atoms with van der Waals surface area (Å²) in [6.45, 7) is 8.11. The quantitative estimate of drug-likeness (QED) is 0.309. The molecule has 1 rings (SSSR count). The number of carbonyl (C=O) groups excluding carboxylic acids is 1. The van der Waals surface area contributed by atoms with E-state index in [1.54, 1.807) is 0 Å². The second-order valence-electron chi connectivity index (χ2n) is 6.19. The molecule has 104 valence electrons. The van der Waals surface area contributed by atoms with E-state index in [0.29, 0.717) is 0 Å². The molecule has 0 aromatic rings. The van der Waals surface area contributed by atoms with Crippen molar-refractivity contribution in [1.29, 1.82) is 0 Å². The second-order valence-corrected chi connectivity index (χ2v) is 6.19. The molecule has 2 atom stereocenters. The van der Waals surface area contributed by atoms with Gasteiger partial charge in [-0.05, 0) is 24.2 Å². The number of hydrogen-bond donors (Lipinski definition) is 3. The van der Waals surface area contributed by atoms with Crippen LogP contribution in [0.1, 0.15) is 47.0 Å². The van der Waals surface area contributed by atoms with E-state index < -0.39 is 6.04 Å². The van der Waals surface area contributed by atoms with E-state index in [-0.39, 0.29) is 29.0 Å². The number of amidine groups is 1. The zero-order valence-corrected chi connectivity index (χ0v) is 11.7. The third-order valence-corrected chi connectivity index (χ3v) is 3.97. The van der Waals surface area contributed by atoms with Crippen LogP contribution in [0.2, 0.25) is 0 Å². The molecule has 0 saturated heterocycles. The molecule has 0 heterocycles. The molecule has 0 spiro atoms. The second kappa shape index (κ2) is 5.59. The summed E-state index contributed by atoms with van der Waals surface area (Å²) in [5, 5.41) is 14.7. The van der Waals surface area contributed by atoms with Gasteiger partial charge in [-0.25, -0.2) is 0 Å². The molecule has 2 unspecified atom stereocenters. The fourth-order valence-electron chi connectivity index (χ4n) is 2.71. The van der Waals surface area contributed by atoms with Crippen LogP contribution in [-0.2, 0) is 4.79 Å².